The van der Waals surface area contributed by atoms with Crippen LogP contribution in [0.15, 0.2) is 28.0 Å². The molecule has 2 heterocycles. The van der Waals surface area contributed by atoms with Gasteiger partial charge in [-0.15, -0.1) is 11.8 Å². The molecule has 2 aliphatic heterocycles. The van der Waals surface area contributed by atoms with Crippen LogP contribution in [0.25, 0.3) is 0 Å². The fourth-order valence-corrected chi connectivity index (χ4v) is 7.00. The Labute approximate surface area is 172 Å². The number of thioether (sulfide) groups is 1. The van der Waals surface area contributed by atoms with Gasteiger partial charge < -0.3 is 5.32 Å². The summed E-state index contributed by atoms with van der Waals surface area (Å²) in [5.74, 6) is -0.0607. The summed E-state index contributed by atoms with van der Waals surface area (Å²) in [6.07, 6.45) is 6.84. The zero-order valence-corrected chi connectivity index (χ0v) is 18.0. The van der Waals surface area contributed by atoms with E-state index in [0.717, 1.165) is 18.0 Å². The van der Waals surface area contributed by atoms with Gasteiger partial charge in [-0.1, -0.05) is 26.2 Å². The Morgan fingerprint density at radius 3 is 2.50 bits per heavy atom. The van der Waals surface area contributed by atoms with Crippen molar-refractivity contribution >= 4 is 33.4 Å². The molecule has 0 bridgehead atoms. The number of rotatable bonds is 3. The Balaban J connectivity index is 1.47. The maximum absolute atomic E-state index is 13.2. The molecular weight excluding hydrogens is 394 g/mol. The van der Waals surface area contributed by atoms with Crippen LogP contribution in [0.3, 0.4) is 0 Å². The highest BCUT2D eigenvalue weighted by Crippen LogP contribution is 2.37. The molecule has 1 N–H and O–H groups in total. The first kappa shape index (κ1) is 20.2. The molecule has 1 saturated heterocycles. The lowest BCUT2D eigenvalue weighted by Crippen LogP contribution is -2.52. The van der Waals surface area contributed by atoms with Crippen LogP contribution in [0, 0.1) is 0 Å². The maximum Gasteiger partial charge on any atom is 0.243 e. The Hall–Kier alpha value is -1.09. The second kappa shape index (κ2) is 8.34. The van der Waals surface area contributed by atoms with Crippen molar-refractivity contribution in [3.8, 4) is 0 Å². The zero-order valence-electron chi connectivity index (χ0n) is 16.4. The van der Waals surface area contributed by atoms with E-state index in [1.807, 2.05) is 13.0 Å². The number of fused-ring (bicyclic) bond motifs is 1. The van der Waals surface area contributed by atoms with E-state index in [4.69, 9.17) is 0 Å². The number of hydrogen-bond donors (Lipinski definition) is 1. The third-order valence-electron chi connectivity index (χ3n) is 6.03. The lowest BCUT2D eigenvalue weighted by atomic mass is 9.94. The van der Waals surface area contributed by atoms with Crippen molar-refractivity contribution in [2.45, 2.75) is 66.5 Å². The summed E-state index contributed by atoms with van der Waals surface area (Å²) in [4.78, 5) is 15.7. The van der Waals surface area contributed by atoms with Crippen molar-refractivity contribution in [1.29, 1.82) is 0 Å². The van der Waals surface area contributed by atoms with Gasteiger partial charge in [0, 0.05) is 48.8 Å². The molecule has 0 spiro atoms. The van der Waals surface area contributed by atoms with E-state index in [0.29, 0.717) is 31.2 Å². The number of nitrogens with one attached hydrogen (secondary N) is 1. The minimum absolute atomic E-state index is 0.0607. The van der Waals surface area contributed by atoms with Crippen molar-refractivity contribution < 1.29 is 13.2 Å². The molecule has 0 radical (unpaired) electrons. The third-order valence-corrected chi connectivity index (χ3v) is 9.10. The molecule has 1 aliphatic carbocycles. The van der Waals surface area contributed by atoms with Crippen LogP contribution in [0.2, 0.25) is 0 Å². The number of carbonyl (C=O) groups excluding carboxylic acids is 1. The van der Waals surface area contributed by atoms with Crippen LogP contribution >= 0.6 is 11.8 Å². The second-order valence-electron chi connectivity index (χ2n) is 8.07. The van der Waals surface area contributed by atoms with Gasteiger partial charge in [0.1, 0.15) is 0 Å². The largest absolute Gasteiger partial charge is 0.325 e. The molecule has 6 nitrogen and oxygen atoms in total. The van der Waals surface area contributed by atoms with Crippen molar-refractivity contribution in [3.63, 3.8) is 0 Å². The van der Waals surface area contributed by atoms with E-state index in [2.05, 4.69) is 10.2 Å². The number of carbonyl (C=O) groups is 1. The number of sulfonamides is 1. The first-order chi connectivity index (χ1) is 13.4. The van der Waals surface area contributed by atoms with Crippen molar-refractivity contribution in [3.05, 3.63) is 18.2 Å². The Kier molecular flexibility index (Phi) is 6.01. The highest BCUT2D eigenvalue weighted by atomic mass is 32.2. The normalized spacial score (nSPS) is 25.8. The van der Waals surface area contributed by atoms with Crippen LogP contribution < -0.4 is 5.32 Å². The second-order valence-corrected chi connectivity index (χ2v) is 11.5. The van der Waals surface area contributed by atoms with Crippen LogP contribution in [0.1, 0.15) is 45.4 Å². The summed E-state index contributed by atoms with van der Waals surface area (Å²) >= 11 is 1.61. The van der Waals surface area contributed by atoms with E-state index in [1.54, 1.807) is 28.2 Å². The van der Waals surface area contributed by atoms with E-state index >= 15 is 0 Å². The van der Waals surface area contributed by atoms with Gasteiger partial charge in [0.2, 0.25) is 15.9 Å². The van der Waals surface area contributed by atoms with Gasteiger partial charge in [-0.2, -0.15) is 4.31 Å². The molecule has 0 unspecified atom stereocenters. The molecule has 3 aliphatic rings. The van der Waals surface area contributed by atoms with Gasteiger partial charge in [0.15, 0.2) is 0 Å². The Bertz CT molecular complexity index is 829. The Morgan fingerprint density at radius 2 is 1.79 bits per heavy atom. The average Bonchev–Trinajstić information content (AvgIpc) is 2.84. The number of benzene rings is 1. The highest BCUT2D eigenvalue weighted by Gasteiger charge is 2.32. The fraction of sp³-hybridized carbons (Fsp3) is 0.650. The number of anilines is 1. The van der Waals surface area contributed by atoms with Crippen LogP contribution in [-0.2, 0) is 14.8 Å². The standard InChI is InChI=1S/C20H29N3O3S2/c1-15-13-20(24)21-18-14-17(7-8-19(18)27-15)28(25,26)23-11-9-22(10-12-23)16-5-3-2-4-6-16/h7-8,14-16H,2-6,9-13H2,1H3,(H,21,24)/t15-/m0/s1. The number of amides is 1. The summed E-state index contributed by atoms with van der Waals surface area (Å²) in [6.45, 7) is 4.69. The quantitative estimate of drug-likeness (QED) is 0.809. The third kappa shape index (κ3) is 4.25. The molecule has 8 heteroatoms. The number of nitrogens with zero attached hydrogens (tertiary/aromatic N) is 2. The molecule has 0 aromatic heterocycles. The smallest absolute Gasteiger partial charge is 0.243 e. The Morgan fingerprint density at radius 1 is 1.07 bits per heavy atom. The van der Waals surface area contributed by atoms with Gasteiger partial charge in [0.05, 0.1) is 10.6 Å². The predicted molar refractivity (Wildman–Crippen MR) is 112 cm³/mol. The molecular formula is C20H29N3O3S2. The SMILES string of the molecule is C[C@H]1CC(=O)Nc2cc(S(=O)(=O)N3CCN(C4CCCCC4)CC3)ccc2S1. The maximum atomic E-state index is 13.2. The lowest BCUT2D eigenvalue weighted by molar-refractivity contribution is -0.116. The molecule has 1 aromatic rings. The summed E-state index contributed by atoms with van der Waals surface area (Å²) < 4.78 is 28.0. The molecule has 4 rings (SSSR count). The van der Waals surface area contributed by atoms with E-state index in [1.165, 1.54) is 32.1 Å². The first-order valence-electron chi connectivity index (χ1n) is 10.3. The monoisotopic (exact) mass is 423 g/mol. The van der Waals surface area contributed by atoms with Crippen LogP contribution in [0.4, 0.5) is 5.69 Å². The van der Waals surface area contributed by atoms with Gasteiger partial charge in [-0.3, -0.25) is 9.69 Å². The van der Waals surface area contributed by atoms with Crippen molar-refractivity contribution in [2.24, 2.45) is 0 Å². The molecule has 2 fully saturated rings. The van der Waals surface area contributed by atoms with Crippen molar-refractivity contribution in [1.82, 2.24) is 9.21 Å². The molecule has 28 heavy (non-hydrogen) atoms. The van der Waals surface area contributed by atoms with Gasteiger partial charge in [-0.25, -0.2) is 8.42 Å². The van der Waals surface area contributed by atoms with Gasteiger partial charge in [-0.05, 0) is 31.0 Å². The van der Waals surface area contributed by atoms with E-state index in [-0.39, 0.29) is 16.1 Å². The summed E-state index contributed by atoms with van der Waals surface area (Å²) in [6, 6.07) is 5.76. The van der Waals surface area contributed by atoms with E-state index in [9.17, 15) is 13.2 Å². The van der Waals surface area contributed by atoms with Crippen LogP contribution in [0.5, 0.6) is 0 Å². The fourth-order valence-electron chi connectivity index (χ4n) is 4.50. The summed E-state index contributed by atoms with van der Waals surface area (Å²) in [7, 11) is -3.55. The molecule has 1 aromatic carbocycles. The molecule has 1 saturated carbocycles. The molecule has 154 valence electrons. The predicted octanol–water partition coefficient (Wildman–Crippen LogP) is 3.15. The minimum Gasteiger partial charge on any atom is -0.325 e. The highest BCUT2D eigenvalue weighted by molar-refractivity contribution is 8.00. The zero-order chi connectivity index (χ0) is 19.7. The van der Waals surface area contributed by atoms with E-state index < -0.39 is 10.0 Å². The van der Waals surface area contributed by atoms with Gasteiger partial charge in [0.25, 0.3) is 0 Å². The summed E-state index contributed by atoms with van der Waals surface area (Å²) in [5.41, 5.74) is 0.612. The topological polar surface area (TPSA) is 69.7 Å². The van der Waals surface area contributed by atoms with Crippen LogP contribution in [-0.4, -0.2) is 61.0 Å². The number of piperazine rings is 1. The minimum atomic E-state index is -3.55. The van der Waals surface area contributed by atoms with Crippen molar-refractivity contribution in [2.75, 3.05) is 31.5 Å². The molecule has 1 atom stereocenters. The van der Waals surface area contributed by atoms with Gasteiger partial charge >= 0.3 is 0 Å². The lowest BCUT2D eigenvalue weighted by Gasteiger charge is -2.40. The number of hydrogen-bond acceptors (Lipinski definition) is 5. The summed E-state index contributed by atoms with van der Waals surface area (Å²) in [5, 5.41) is 3.04. The molecule has 1 amide bonds. The average molecular weight is 424 g/mol. The first-order valence-corrected chi connectivity index (χ1v) is 12.6.